The number of rotatable bonds is 3. The van der Waals surface area contributed by atoms with Crippen LogP contribution in [0.15, 0.2) is 156 Å². The Balaban J connectivity index is 1.26. The van der Waals surface area contributed by atoms with E-state index >= 15 is 0 Å². The fourth-order valence-corrected chi connectivity index (χ4v) is 8.56. The number of benzene rings is 8. The fourth-order valence-electron chi connectivity index (χ4n) is 8.56. The molecule has 0 amide bonds. The Kier molecular flexibility index (Phi) is 4.94. The largest absolute Gasteiger partial charge is 0.456 e. The molecule has 3 aromatic heterocycles. The summed E-state index contributed by atoms with van der Waals surface area (Å²) in [7, 11) is 0. The van der Waals surface area contributed by atoms with Crippen LogP contribution in [0.1, 0.15) is 0 Å². The molecule has 4 heteroatoms. The standard InChI is InChI=1S/C46H25N3O/c1-2-9-26(10-3-1)27-17-19-28(20-18-27)45-46(48-35-15-7-6-14-34(35)47-45)49-36-22-21-32-30-12-5-4-11-29(30)25-33-31-13-8-16-38-41(31)44-39(50-38)24-23-37(49)43(44)42(36)40(32)33/h1-25H. The van der Waals surface area contributed by atoms with E-state index in [0.717, 1.165) is 55.7 Å². The summed E-state index contributed by atoms with van der Waals surface area (Å²) >= 11 is 0. The zero-order valence-corrected chi connectivity index (χ0v) is 26.7. The van der Waals surface area contributed by atoms with Crippen molar-refractivity contribution in [3.63, 3.8) is 0 Å². The van der Waals surface area contributed by atoms with E-state index in [1.165, 1.54) is 60.0 Å². The van der Waals surface area contributed by atoms with Gasteiger partial charge in [0.1, 0.15) is 16.9 Å². The lowest BCUT2D eigenvalue weighted by molar-refractivity contribution is 0.669. The van der Waals surface area contributed by atoms with Crippen LogP contribution in [0.3, 0.4) is 0 Å². The van der Waals surface area contributed by atoms with Gasteiger partial charge < -0.3 is 4.42 Å². The number of hydrogen-bond donors (Lipinski definition) is 0. The smallest absolute Gasteiger partial charge is 0.165 e. The summed E-state index contributed by atoms with van der Waals surface area (Å²) in [5, 5.41) is 9.75. The third-order valence-electron chi connectivity index (χ3n) is 10.7. The van der Waals surface area contributed by atoms with Crippen molar-refractivity contribution in [3.8, 4) is 39.3 Å². The summed E-state index contributed by atoms with van der Waals surface area (Å²) < 4.78 is 8.92. The molecule has 0 saturated heterocycles. The molecule has 0 saturated carbocycles. The lowest BCUT2D eigenvalue weighted by Crippen LogP contribution is -2.03. The molecule has 230 valence electrons. The van der Waals surface area contributed by atoms with Crippen molar-refractivity contribution in [2.45, 2.75) is 0 Å². The highest BCUT2D eigenvalue weighted by atomic mass is 16.3. The van der Waals surface area contributed by atoms with E-state index in [2.05, 4.69) is 138 Å². The van der Waals surface area contributed by atoms with Crippen LogP contribution in [0.2, 0.25) is 0 Å². The number of hydrogen-bond acceptors (Lipinski definition) is 3. The van der Waals surface area contributed by atoms with Gasteiger partial charge >= 0.3 is 0 Å². The molecule has 50 heavy (non-hydrogen) atoms. The Hall–Kier alpha value is -6.78. The molecule has 1 aliphatic carbocycles. The van der Waals surface area contributed by atoms with E-state index < -0.39 is 0 Å². The molecule has 0 aliphatic heterocycles. The third kappa shape index (κ3) is 3.34. The SMILES string of the molecule is c1ccc(-c2ccc(-c3nc4ccccc4nc3-n3c4ccc5c6ccccc6cc6c5c4c4c5c(ccc43)oc3cccc-6c35)cc2)cc1. The average molecular weight is 636 g/mol. The lowest BCUT2D eigenvalue weighted by Gasteiger charge is -2.15. The molecule has 12 rings (SSSR count). The van der Waals surface area contributed by atoms with Crippen LogP contribution < -0.4 is 0 Å². The van der Waals surface area contributed by atoms with Gasteiger partial charge in [-0.2, -0.15) is 0 Å². The topological polar surface area (TPSA) is 43.9 Å². The summed E-state index contributed by atoms with van der Waals surface area (Å²) in [6.45, 7) is 0. The average Bonchev–Trinajstić information content (AvgIpc) is 3.69. The molecular weight excluding hydrogens is 611 g/mol. The van der Waals surface area contributed by atoms with Gasteiger partial charge in [0.25, 0.3) is 0 Å². The summed E-state index contributed by atoms with van der Waals surface area (Å²) in [5.41, 5.74) is 12.4. The Morgan fingerprint density at radius 1 is 0.420 bits per heavy atom. The second-order valence-corrected chi connectivity index (χ2v) is 13.3. The van der Waals surface area contributed by atoms with Crippen molar-refractivity contribution in [3.05, 3.63) is 152 Å². The van der Waals surface area contributed by atoms with Crippen LogP contribution in [0.4, 0.5) is 0 Å². The van der Waals surface area contributed by atoms with Crippen LogP contribution in [0, 0.1) is 0 Å². The van der Waals surface area contributed by atoms with Gasteiger partial charge in [-0.25, -0.2) is 9.97 Å². The minimum atomic E-state index is 0.811. The van der Waals surface area contributed by atoms with Crippen LogP contribution in [0.5, 0.6) is 0 Å². The maximum Gasteiger partial charge on any atom is 0.165 e. The predicted molar refractivity (Wildman–Crippen MR) is 206 cm³/mol. The Bertz CT molecular complexity index is 3240. The van der Waals surface area contributed by atoms with Gasteiger partial charge in [-0.15, -0.1) is 0 Å². The minimum absolute atomic E-state index is 0.811. The Labute approximate surface area is 285 Å². The van der Waals surface area contributed by atoms with E-state index in [-0.39, 0.29) is 0 Å². The fraction of sp³-hybridized carbons (Fsp3) is 0. The van der Waals surface area contributed by atoms with Gasteiger partial charge in [-0.05, 0) is 80.9 Å². The summed E-state index contributed by atoms with van der Waals surface area (Å²) in [6.07, 6.45) is 0. The van der Waals surface area contributed by atoms with Crippen molar-refractivity contribution in [1.29, 1.82) is 0 Å². The molecule has 0 N–H and O–H groups in total. The van der Waals surface area contributed by atoms with Crippen molar-refractivity contribution in [2.75, 3.05) is 0 Å². The Morgan fingerprint density at radius 2 is 1.10 bits per heavy atom. The van der Waals surface area contributed by atoms with Crippen molar-refractivity contribution < 1.29 is 4.42 Å². The molecule has 3 heterocycles. The number of para-hydroxylation sites is 2. The highest BCUT2D eigenvalue weighted by Gasteiger charge is 2.28. The maximum atomic E-state index is 6.58. The minimum Gasteiger partial charge on any atom is -0.456 e. The first kappa shape index (κ1) is 26.2. The zero-order chi connectivity index (χ0) is 32.5. The van der Waals surface area contributed by atoms with Gasteiger partial charge in [-0.3, -0.25) is 4.57 Å². The molecule has 0 fully saturated rings. The molecule has 0 radical (unpaired) electrons. The summed E-state index contributed by atoms with van der Waals surface area (Å²) in [4.78, 5) is 10.8. The van der Waals surface area contributed by atoms with Gasteiger partial charge in [0.15, 0.2) is 5.82 Å². The van der Waals surface area contributed by atoms with Crippen molar-refractivity contribution in [2.24, 2.45) is 0 Å². The predicted octanol–water partition coefficient (Wildman–Crippen LogP) is 12.2. The first-order valence-electron chi connectivity index (χ1n) is 17.0. The molecule has 11 aromatic rings. The molecule has 4 nitrogen and oxygen atoms in total. The Morgan fingerprint density at radius 3 is 1.96 bits per heavy atom. The van der Waals surface area contributed by atoms with Gasteiger partial charge in [0.2, 0.25) is 0 Å². The van der Waals surface area contributed by atoms with Crippen LogP contribution in [0.25, 0.3) is 116 Å². The molecule has 0 unspecified atom stereocenters. The highest BCUT2D eigenvalue weighted by molar-refractivity contribution is 6.39. The number of nitrogens with zero attached hydrogens (tertiary/aromatic N) is 3. The van der Waals surface area contributed by atoms with E-state index in [4.69, 9.17) is 14.4 Å². The molecule has 0 spiro atoms. The first-order chi connectivity index (χ1) is 24.8. The summed E-state index contributed by atoms with van der Waals surface area (Å²) in [5.74, 6) is 0.811. The van der Waals surface area contributed by atoms with Gasteiger partial charge in [-0.1, -0.05) is 109 Å². The van der Waals surface area contributed by atoms with Crippen LogP contribution >= 0.6 is 0 Å². The summed E-state index contributed by atoms with van der Waals surface area (Å²) in [6, 6.07) is 53.9. The quantitative estimate of drug-likeness (QED) is 0.181. The second-order valence-electron chi connectivity index (χ2n) is 13.3. The molecule has 8 aromatic carbocycles. The monoisotopic (exact) mass is 635 g/mol. The van der Waals surface area contributed by atoms with E-state index in [1.54, 1.807) is 0 Å². The third-order valence-corrected chi connectivity index (χ3v) is 10.7. The van der Waals surface area contributed by atoms with Crippen LogP contribution in [-0.2, 0) is 0 Å². The zero-order valence-electron chi connectivity index (χ0n) is 26.7. The number of aromatic nitrogens is 3. The maximum absolute atomic E-state index is 6.58. The lowest BCUT2D eigenvalue weighted by atomic mass is 9.91. The van der Waals surface area contributed by atoms with Crippen LogP contribution in [-0.4, -0.2) is 14.5 Å². The molecule has 0 bridgehead atoms. The van der Waals surface area contributed by atoms with E-state index in [1.807, 2.05) is 18.2 Å². The van der Waals surface area contributed by atoms with E-state index in [9.17, 15) is 0 Å². The van der Waals surface area contributed by atoms with Gasteiger partial charge in [0, 0.05) is 32.5 Å². The first-order valence-corrected chi connectivity index (χ1v) is 17.0. The number of furan rings is 1. The van der Waals surface area contributed by atoms with Crippen molar-refractivity contribution >= 4 is 76.3 Å². The number of fused-ring (bicyclic) bond motifs is 4. The van der Waals surface area contributed by atoms with Crippen molar-refractivity contribution in [1.82, 2.24) is 14.5 Å². The molecular formula is C46H25N3O. The second kappa shape index (κ2) is 9.43. The van der Waals surface area contributed by atoms with E-state index in [0.29, 0.717) is 0 Å². The van der Waals surface area contributed by atoms with Gasteiger partial charge in [0.05, 0.1) is 22.1 Å². The highest BCUT2D eigenvalue weighted by Crippen LogP contribution is 2.52. The molecule has 1 aliphatic rings. The normalized spacial score (nSPS) is 12.4. The molecule has 0 atom stereocenters.